The van der Waals surface area contributed by atoms with Crippen LogP contribution < -0.4 is 5.32 Å². The summed E-state index contributed by atoms with van der Waals surface area (Å²) in [5.74, 6) is 1.97. The zero-order valence-corrected chi connectivity index (χ0v) is 10.9. The molecule has 2 nitrogen and oxygen atoms in total. The summed E-state index contributed by atoms with van der Waals surface area (Å²) in [7, 11) is 1.83. The Labute approximate surface area is 100 Å². The van der Waals surface area contributed by atoms with E-state index in [1.54, 1.807) is 0 Å². The van der Waals surface area contributed by atoms with Crippen molar-refractivity contribution in [3.8, 4) is 0 Å². The highest BCUT2D eigenvalue weighted by atomic mass is 16.5. The van der Waals surface area contributed by atoms with Gasteiger partial charge in [0.25, 0.3) is 0 Å². The number of methoxy groups -OCH3 is 1. The SMILES string of the molecule is CCC1CCC(CNC2CC(OC)C2)CC1. The Morgan fingerprint density at radius 2 is 1.69 bits per heavy atom. The Kier molecular flexibility index (Phi) is 4.66. The summed E-state index contributed by atoms with van der Waals surface area (Å²) in [6.07, 6.45) is 10.2. The molecule has 0 heterocycles. The highest BCUT2D eigenvalue weighted by Crippen LogP contribution is 2.31. The van der Waals surface area contributed by atoms with Gasteiger partial charge < -0.3 is 10.1 Å². The van der Waals surface area contributed by atoms with Gasteiger partial charge in [-0.3, -0.25) is 0 Å². The smallest absolute Gasteiger partial charge is 0.0601 e. The van der Waals surface area contributed by atoms with Crippen molar-refractivity contribution in [2.75, 3.05) is 13.7 Å². The van der Waals surface area contributed by atoms with Crippen LogP contribution in [0.2, 0.25) is 0 Å². The van der Waals surface area contributed by atoms with Crippen LogP contribution in [0.15, 0.2) is 0 Å². The van der Waals surface area contributed by atoms with E-state index < -0.39 is 0 Å². The average Bonchev–Trinajstić information content (AvgIpc) is 2.28. The fourth-order valence-corrected chi connectivity index (χ4v) is 3.10. The zero-order chi connectivity index (χ0) is 11.4. The second-order valence-corrected chi connectivity index (χ2v) is 5.73. The van der Waals surface area contributed by atoms with Crippen LogP contribution in [0.1, 0.15) is 51.9 Å². The highest BCUT2D eigenvalue weighted by Gasteiger charge is 2.29. The van der Waals surface area contributed by atoms with Gasteiger partial charge in [0.15, 0.2) is 0 Å². The molecule has 2 rings (SSSR count). The first-order chi connectivity index (χ1) is 7.81. The van der Waals surface area contributed by atoms with Crippen molar-refractivity contribution in [1.82, 2.24) is 5.32 Å². The Morgan fingerprint density at radius 3 is 2.25 bits per heavy atom. The van der Waals surface area contributed by atoms with Crippen molar-refractivity contribution in [3.63, 3.8) is 0 Å². The van der Waals surface area contributed by atoms with Crippen LogP contribution in [0.25, 0.3) is 0 Å². The second-order valence-electron chi connectivity index (χ2n) is 5.73. The molecule has 0 aromatic heterocycles. The molecule has 0 aliphatic heterocycles. The van der Waals surface area contributed by atoms with Gasteiger partial charge in [0.1, 0.15) is 0 Å². The van der Waals surface area contributed by atoms with Gasteiger partial charge in [0.05, 0.1) is 6.10 Å². The van der Waals surface area contributed by atoms with E-state index in [4.69, 9.17) is 4.74 Å². The molecule has 0 aromatic carbocycles. The van der Waals surface area contributed by atoms with Crippen molar-refractivity contribution >= 4 is 0 Å². The summed E-state index contributed by atoms with van der Waals surface area (Å²) in [6, 6.07) is 0.744. The molecule has 2 saturated carbocycles. The third-order valence-corrected chi connectivity index (χ3v) is 4.67. The Morgan fingerprint density at radius 1 is 1.06 bits per heavy atom. The predicted octanol–water partition coefficient (Wildman–Crippen LogP) is 2.97. The van der Waals surface area contributed by atoms with E-state index in [9.17, 15) is 0 Å². The maximum atomic E-state index is 5.30. The van der Waals surface area contributed by atoms with Gasteiger partial charge in [0.2, 0.25) is 0 Å². The number of nitrogens with one attached hydrogen (secondary N) is 1. The largest absolute Gasteiger partial charge is 0.381 e. The van der Waals surface area contributed by atoms with Crippen molar-refractivity contribution in [1.29, 1.82) is 0 Å². The normalized spacial score (nSPS) is 39.4. The van der Waals surface area contributed by atoms with Crippen molar-refractivity contribution in [3.05, 3.63) is 0 Å². The summed E-state index contributed by atoms with van der Waals surface area (Å²) in [4.78, 5) is 0. The molecular formula is C14H27NO. The molecule has 0 bridgehead atoms. The molecule has 0 unspecified atom stereocenters. The molecule has 2 aliphatic rings. The lowest BCUT2D eigenvalue weighted by atomic mass is 9.80. The van der Waals surface area contributed by atoms with Gasteiger partial charge in [-0.1, -0.05) is 26.2 Å². The van der Waals surface area contributed by atoms with E-state index in [2.05, 4.69) is 12.2 Å². The third kappa shape index (κ3) is 3.21. The van der Waals surface area contributed by atoms with Crippen LogP contribution in [-0.4, -0.2) is 25.8 Å². The lowest BCUT2D eigenvalue weighted by Gasteiger charge is -2.36. The molecule has 2 aliphatic carbocycles. The number of ether oxygens (including phenoxy) is 1. The summed E-state index contributed by atoms with van der Waals surface area (Å²) in [6.45, 7) is 3.58. The van der Waals surface area contributed by atoms with Crippen LogP contribution in [0, 0.1) is 11.8 Å². The molecule has 0 spiro atoms. The second kappa shape index (κ2) is 6.02. The van der Waals surface area contributed by atoms with E-state index in [-0.39, 0.29) is 0 Å². The van der Waals surface area contributed by atoms with Crippen LogP contribution in [0.3, 0.4) is 0 Å². The number of rotatable bonds is 5. The first-order valence-corrected chi connectivity index (χ1v) is 7.08. The van der Waals surface area contributed by atoms with Crippen molar-refractivity contribution < 1.29 is 4.74 Å². The van der Waals surface area contributed by atoms with Gasteiger partial charge in [-0.05, 0) is 44.1 Å². The standard InChI is InChI=1S/C14H27NO/c1-3-11-4-6-12(7-5-11)10-15-13-8-14(9-13)16-2/h11-15H,3-10H2,1-2H3. The topological polar surface area (TPSA) is 21.3 Å². The molecule has 1 N–H and O–H groups in total. The molecule has 0 saturated heterocycles. The minimum atomic E-state index is 0.535. The van der Waals surface area contributed by atoms with Crippen molar-refractivity contribution in [2.45, 2.75) is 64.0 Å². The molecule has 0 atom stereocenters. The fraction of sp³-hybridized carbons (Fsp3) is 1.00. The van der Waals surface area contributed by atoms with Gasteiger partial charge in [-0.25, -0.2) is 0 Å². The van der Waals surface area contributed by atoms with Crippen LogP contribution in [0.4, 0.5) is 0 Å². The molecule has 0 radical (unpaired) electrons. The fourth-order valence-electron chi connectivity index (χ4n) is 3.10. The molecule has 16 heavy (non-hydrogen) atoms. The van der Waals surface area contributed by atoms with E-state index in [1.807, 2.05) is 7.11 Å². The number of hydrogen-bond donors (Lipinski definition) is 1. The highest BCUT2D eigenvalue weighted by molar-refractivity contribution is 4.86. The maximum Gasteiger partial charge on any atom is 0.0601 e. The van der Waals surface area contributed by atoms with Gasteiger partial charge in [-0.15, -0.1) is 0 Å². The molecule has 2 fully saturated rings. The first-order valence-electron chi connectivity index (χ1n) is 7.08. The molecule has 0 amide bonds. The minimum Gasteiger partial charge on any atom is -0.381 e. The predicted molar refractivity (Wildman–Crippen MR) is 67.6 cm³/mol. The molecule has 94 valence electrons. The maximum absolute atomic E-state index is 5.30. The average molecular weight is 225 g/mol. The van der Waals surface area contributed by atoms with Crippen LogP contribution >= 0.6 is 0 Å². The first kappa shape index (κ1) is 12.4. The summed E-state index contributed by atoms with van der Waals surface area (Å²) < 4.78 is 5.30. The monoisotopic (exact) mass is 225 g/mol. The minimum absolute atomic E-state index is 0.535. The lowest BCUT2D eigenvalue weighted by Crippen LogP contribution is -2.46. The van der Waals surface area contributed by atoms with Gasteiger partial charge in [-0.2, -0.15) is 0 Å². The van der Waals surface area contributed by atoms with E-state index in [0.29, 0.717) is 6.10 Å². The third-order valence-electron chi connectivity index (χ3n) is 4.67. The summed E-state index contributed by atoms with van der Waals surface area (Å²) in [5, 5.41) is 3.71. The Balaban J connectivity index is 1.54. The zero-order valence-electron chi connectivity index (χ0n) is 10.9. The quantitative estimate of drug-likeness (QED) is 0.776. The van der Waals surface area contributed by atoms with Crippen LogP contribution in [-0.2, 0) is 4.74 Å². The molecule has 0 aromatic rings. The molecular weight excluding hydrogens is 198 g/mol. The Bertz CT molecular complexity index is 193. The van der Waals surface area contributed by atoms with Crippen LogP contribution in [0.5, 0.6) is 0 Å². The molecule has 2 heteroatoms. The number of hydrogen-bond acceptors (Lipinski definition) is 2. The van der Waals surface area contributed by atoms with Crippen molar-refractivity contribution in [2.24, 2.45) is 11.8 Å². The van der Waals surface area contributed by atoms with Gasteiger partial charge >= 0.3 is 0 Å². The summed E-state index contributed by atoms with van der Waals surface area (Å²) in [5.41, 5.74) is 0. The van der Waals surface area contributed by atoms with Gasteiger partial charge in [0, 0.05) is 13.2 Å². The van der Waals surface area contributed by atoms with E-state index in [0.717, 1.165) is 17.9 Å². The summed E-state index contributed by atoms with van der Waals surface area (Å²) >= 11 is 0. The van der Waals surface area contributed by atoms with E-state index >= 15 is 0 Å². The van der Waals surface area contributed by atoms with E-state index in [1.165, 1.54) is 51.5 Å². The lowest BCUT2D eigenvalue weighted by molar-refractivity contribution is 0.0158. The Hall–Kier alpha value is -0.0800.